The molecule has 3 nitrogen and oxygen atoms in total. The third-order valence-corrected chi connectivity index (χ3v) is 3.29. The second kappa shape index (κ2) is 3.69. The van der Waals surface area contributed by atoms with Gasteiger partial charge in [-0.3, -0.25) is 4.18 Å². The predicted octanol–water partition coefficient (Wildman–Crippen LogP) is 2.04. The van der Waals surface area contributed by atoms with Crippen LogP contribution in [0.2, 0.25) is 0 Å². The summed E-state index contributed by atoms with van der Waals surface area (Å²) >= 11 is 0. The van der Waals surface area contributed by atoms with Crippen LogP contribution >= 0.6 is 0 Å². The van der Waals surface area contributed by atoms with E-state index >= 15 is 0 Å². The molecule has 1 fully saturated rings. The van der Waals surface area contributed by atoms with Gasteiger partial charge < -0.3 is 0 Å². The van der Waals surface area contributed by atoms with Crippen molar-refractivity contribution in [1.29, 1.82) is 0 Å². The average molecular weight is 232 g/mol. The molecule has 0 aromatic rings. The van der Waals surface area contributed by atoms with Crippen LogP contribution in [0, 0.1) is 5.92 Å². The third-order valence-electron chi connectivity index (χ3n) is 2.19. The Bertz CT molecular complexity index is 296. The first-order valence-corrected chi connectivity index (χ1v) is 5.63. The average Bonchev–Trinajstić information content (AvgIpc) is 2.31. The number of hydrogen-bond acceptors (Lipinski definition) is 3. The zero-order valence-electron chi connectivity index (χ0n) is 7.54. The second-order valence-electron chi connectivity index (χ2n) is 3.54. The maximum Gasteiger partial charge on any atom is 0.523 e. The van der Waals surface area contributed by atoms with E-state index in [1.54, 1.807) is 0 Å². The van der Waals surface area contributed by atoms with Gasteiger partial charge in [0, 0.05) is 0 Å². The van der Waals surface area contributed by atoms with Crippen LogP contribution < -0.4 is 0 Å². The van der Waals surface area contributed by atoms with Crippen LogP contribution in [-0.4, -0.2) is 20.0 Å². The highest BCUT2D eigenvalue weighted by molar-refractivity contribution is 7.87. The number of rotatable bonds is 2. The second-order valence-corrected chi connectivity index (χ2v) is 5.10. The van der Waals surface area contributed by atoms with Crippen LogP contribution in [0.5, 0.6) is 0 Å². The molecule has 0 aromatic carbocycles. The third kappa shape index (κ3) is 2.60. The van der Waals surface area contributed by atoms with E-state index in [9.17, 15) is 21.6 Å². The van der Waals surface area contributed by atoms with Crippen LogP contribution in [-0.2, 0) is 14.3 Å². The van der Waals surface area contributed by atoms with E-state index in [0.717, 1.165) is 0 Å². The van der Waals surface area contributed by atoms with Crippen molar-refractivity contribution in [2.24, 2.45) is 5.92 Å². The molecule has 0 amide bonds. The monoisotopic (exact) mass is 232 g/mol. The van der Waals surface area contributed by atoms with Crippen molar-refractivity contribution in [3.8, 4) is 0 Å². The molecule has 7 heteroatoms. The van der Waals surface area contributed by atoms with Gasteiger partial charge in [0.25, 0.3) is 0 Å². The van der Waals surface area contributed by atoms with Gasteiger partial charge in [-0.25, -0.2) is 0 Å². The smallest absolute Gasteiger partial charge is 0.260 e. The van der Waals surface area contributed by atoms with Gasteiger partial charge in [-0.15, -0.1) is 0 Å². The molecule has 0 spiro atoms. The van der Waals surface area contributed by atoms with E-state index in [1.807, 2.05) is 6.92 Å². The van der Waals surface area contributed by atoms with Gasteiger partial charge in [0.15, 0.2) is 0 Å². The van der Waals surface area contributed by atoms with Crippen molar-refractivity contribution < 1.29 is 25.8 Å². The zero-order valence-corrected chi connectivity index (χ0v) is 8.36. The molecule has 84 valence electrons. The van der Waals surface area contributed by atoms with Gasteiger partial charge in [-0.1, -0.05) is 6.92 Å². The summed E-state index contributed by atoms with van der Waals surface area (Å²) in [5.74, 6) is 0.225. The first kappa shape index (κ1) is 11.8. The lowest BCUT2D eigenvalue weighted by atomic mass is 10.1. The van der Waals surface area contributed by atoms with Gasteiger partial charge in [-0.05, 0) is 25.2 Å². The first-order valence-electron chi connectivity index (χ1n) is 4.22. The normalized spacial score (nSPS) is 29.4. The minimum Gasteiger partial charge on any atom is -0.260 e. The standard InChI is InChI=1S/C7H11F3O3S/c1-5-2-3-6(4-5)13-14(11,12)7(8,9)10/h5-6H,2-4H2,1H3. The van der Waals surface area contributed by atoms with E-state index in [2.05, 4.69) is 4.18 Å². The summed E-state index contributed by atoms with van der Waals surface area (Å²) in [6.45, 7) is 1.85. The molecule has 14 heavy (non-hydrogen) atoms. The van der Waals surface area contributed by atoms with Crippen LogP contribution in [0.1, 0.15) is 26.2 Å². The Hall–Kier alpha value is -0.300. The fourth-order valence-corrected chi connectivity index (χ4v) is 2.12. The van der Waals surface area contributed by atoms with Crippen LogP contribution in [0.3, 0.4) is 0 Å². The molecule has 2 unspecified atom stereocenters. The number of alkyl halides is 3. The molecule has 0 saturated heterocycles. The summed E-state index contributed by atoms with van der Waals surface area (Å²) in [7, 11) is -5.40. The largest absolute Gasteiger partial charge is 0.523 e. The minimum absolute atomic E-state index is 0.225. The van der Waals surface area contributed by atoms with Crippen molar-refractivity contribution in [3.63, 3.8) is 0 Å². The topological polar surface area (TPSA) is 43.4 Å². The number of hydrogen-bond donors (Lipinski definition) is 0. The van der Waals surface area contributed by atoms with E-state index in [-0.39, 0.29) is 5.92 Å². The van der Waals surface area contributed by atoms with Crippen molar-refractivity contribution in [3.05, 3.63) is 0 Å². The van der Waals surface area contributed by atoms with Crippen molar-refractivity contribution in [2.45, 2.75) is 37.8 Å². The van der Waals surface area contributed by atoms with E-state index < -0.39 is 21.7 Å². The highest BCUT2D eigenvalue weighted by Crippen LogP contribution is 2.32. The molecule has 2 atom stereocenters. The molecule has 0 heterocycles. The lowest BCUT2D eigenvalue weighted by molar-refractivity contribution is -0.0572. The molecule has 0 aromatic heterocycles. The van der Waals surface area contributed by atoms with Gasteiger partial charge >= 0.3 is 15.6 Å². The molecular weight excluding hydrogens is 221 g/mol. The summed E-state index contributed by atoms with van der Waals surface area (Å²) in [5, 5.41) is 0. The highest BCUT2D eigenvalue weighted by Gasteiger charge is 2.49. The summed E-state index contributed by atoms with van der Waals surface area (Å²) in [6.07, 6.45) is 0.640. The zero-order chi connectivity index (χ0) is 11.0. The lowest BCUT2D eigenvalue weighted by Gasteiger charge is -2.13. The summed E-state index contributed by atoms with van der Waals surface area (Å²) in [6, 6.07) is 0. The number of halogens is 3. The van der Waals surface area contributed by atoms with Crippen LogP contribution in [0.4, 0.5) is 13.2 Å². The summed E-state index contributed by atoms with van der Waals surface area (Å²) in [5.41, 5.74) is -5.31. The Morgan fingerprint density at radius 2 is 1.86 bits per heavy atom. The van der Waals surface area contributed by atoms with Crippen LogP contribution in [0.15, 0.2) is 0 Å². The molecule has 1 aliphatic carbocycles. The molecule has 1 aliphatic rings. The van der Waals surface area contributed by atoms with Gasteiger partial charge in [0.1, 0.15) is 0 Å². The maximum atomic E-state index is 11.9. The van der Waals surface area contributed by atoms with Crippen molar-refractivity contribution in [1.82, 2.24) is 0 Å². The lowest BCUT2D eigenvalue weighted by Crippen LogP contribution is -2.29. The molecule has 1 saturated carbocycles. The first-order chi connectivity index (χ1) is 6.22. The molecule has 1 rings (SSSR count). The fourth-order valence-electron chi connectivity index (χ4n) is 1.48. The Morgan fingerprint density at radius 1 is 1.29 bits per heavy atom. The maximum absolute atomic E-state index is 11.9. The van der Waals surface area contributed by atoms with Crippen LogP contribution in [0.25, 0.3) is 0 Å². The fraction of sp³-hybridized carbons (Fsp3) is 1.00. The van der Waals surface area contributed by atoms with E-state index in [4.69, 9.17) is 0 Å². The minimum atomic E-state index is -5.40. The molecule has 0 aliphatic heterocycles. The molecule has 0 bridgehead atoms. The Labute approximate surface area is 80.4 Å². The van der Waals surface area contributed by atoms with E-state index in [1.165, 1.54) is 0 Å². The van der Waals surface area contributed by atoms with Crippen molar-refractivity contribution in [2.75, 3.05) is 0 Å². The Morgan fingerprint density at radius 3 is 2.21 bits per heavy atom. The van der Waals surface area contributed by atoms with E-state index in [0.29, 0.717) is 19.3 Å². The summed E-state index contributed by atoms with van der Waals surface area (Å²) < 4.78 is 60.8. The summed E-state index contributed by atoms with van der Waals surface area (Å²) in [4.78, 5) is 0. The SMILES string of the molecule is CC1CCC(OS(=O)(=O)C(F)(F)F)C1. The Balaban J connectivity index is 2.61. The van der Waals surface area contributed by atoms with Gasteiger partial charge in [0.05, 0.1) is 6.10 Å². The quantitative estimate of drug-likeness (QED) is 0.540. The molecular formula is C7H11F3O3S. The predicted molar refractivity (Wildman–Crippen MR) is 42.9 cm³/mol. The Kier molecular flexibility index (Phi) is 3.10. The van der Waals surface area contributed by atoms with Gasteiger partial charge in [0.2, 0.25) is 0 Å². The van der Waals surface area contributed by atoms with Gasteiger partial charge in [-0.2, -0.15) is 21.6 Å². The molecule has 0 N–H and O–H groups in total. The highest BCUT2D eigenvalue weighted by atomic mass is 32.2. The molecule has 0 radical (unpaired) electrons. The van der Waals surface area contributed by atoms with Crippen molar-refractivity contribution >= 4 is 10.1 Å².